The van der Waals surface area contributed by atoms with Gasteiger partial charge in [-0.25, -0.2) is 12.7 Å². The van der Waals surface area contributed by atoms with E-state index >= 15 is 0 Å². The van der Waals surface area contributed by atoms with E-state index in [2.05, 4.69) is 0 Å². The number of fused-ring (bicyclic) bond motifs is 1. The number of rotatable bonds is 3. The van der Waals surface area contributed by atoms with Gasteiger partial charge in [0.05, 0.1) is 17.4 Å². The fourth-order valence-corrected chi connectivity index (χ4v) is 4.69. The molecule has 0 spiro atoms. The van der Waals surface area contributed by atoms with E-state index < -0.39 is 10.0 Å². The topological polar surface area (TPSA) is 57.7 Å². The summed E-state index contributed by atoms with van der Waals surface area (Å²) < 4.78 is 25.2. The summed E-state index contributed by atoms with van der Waals surface area (Å²) in [6.45, 7) is 3.10. The second kappa shape index (κ2) is 4.57. The van der Waals surface area contributed by atoms with Crippen molar-refractivity contribution in [2.45, 2.75) is 6.92 Å². The standard InChI is InChI=1S/C12H16N2O3S2/c1-2-19(16,17)13-5-9-6-14(10-3-4-18-8-10)12(15)11(9)7-13/h3-4,8-9,11H,2,5-7H2,1H3/t9-,11-/m0/s1. The molecule has 2 fully saturated rings. The fourth-order valence-electron chi connectivity index (χ4n) is 2.87. The molecule has 1 aromatic rings. The number of sulfonamides is 1. The van der Waals surface area contributed by atoms with Crippen molar-refractivity contribution in [3.8, 4) is 0 Å². The molecular weight excluding hydrogens is 284 g/mol. The van der Waals surface area contributed by atoms with E-state index in [0.717, 1.165) is 5.69 Å². The van der Waals surface area contributed by atoms with Gasteiger partial charge >= 0.3 is 0 Å². The van der Waals surface area contributed by atoms with E-state index in [9.17, 15) is 13.2 Å². The highest BCUT2D eigenvalue weighted by molar-refractivity contribution is 7.89. The van der Waals surface area contributed by atoms with Gasteiger partial charge in [-0.05, 0) is 18.4 Å². The lowest BCUT2D eigenvalue weighted by Gasteiger charge is -2.20. The van der Waals surface area contributed by atoms with Crippen molar-refractivity contribution in [2.75, 3.05) is 30.3 Å². The number of hydrogen-bond donors (Lipinski definition) is 0. The van der Waals surface area contributed by atoms with Crippen LogP contribution in [-0.4, -0.2) is 44.0 Å². The second-order valence-corrected chi connectivity index (χ2v) is 8.05. The zero-order chi connectivity index (χ0) is 13.6. The van der Waals surface area contributed by atoms with Gasteiger partial charge in [0.1, 0.15) is 0 Å². The van der Waals surface area contributed by atoms with Crippen LogP contribution in [0.1, 0.15) is 6.92 Å². The molecule has 104 valence electrons. The number of nitrogens with zero attached hydrogens (tertiary/aromatic N) is 2. The van der Waals surface area contributed by atoms with Crippen LogP contribution in [0.15, 0.2) is 16.8 Å². The minimum atomic E-state index is -3.17. The van der Waals surface area contributed by atoms with Gasteiger partial charge in [-0.3, -0.25) is 4.79 Å². The van der Waals surface area contributed by atoms with Crippen molar-refractivity contribution < 1.29 is 13.2 Å². The molecule has 2 saturated heterocycles. The van der Waals surface area contributed by atoms with E-state index in [1.165, 1.54) is 4.31 Å². The van der Waals surface area contributed by atoms with Crippen molar-refractivity contribution in [1.29, 1.82) is 0 Å². The third kappa shape index (κ3) is 2.09. The summed E-state index contributed by atoms with van der Waals surface area (Å²) in [5, 5.41) is 3.91. The molecular formula is C12H16N2O3S2. The summed E-state index contributed by atoms with van der Waals surface area (Å²) in [5.41, 5.74) is 0.939. The smallest absolute Gasteiger partial charge is 0.231 e. The molecule has 3 heterocycles. The third-order valence-electron chi connectivity index (χ3n) is 3.98. The summed E-state index contributed by atoms with van der Waals surface area (Å²) in [4.78, 5) is 14.1. The van der Waals surface area contributed by atoms with Gasteiger partial charge in [0, 0.05) is 30.9 Å². The molecule has 1 aromatic heterocycles. The Morgan fingerprint density at radius 2 is 2.16 bits per heavy atom. The Bertz CT molecular complexity index is 582. The van der Waals surface area contributed by atoms with Gasteiger partial charge in [-0.2, -0.15) is 11.3 Å². The van der Waals surface area contributed by atoms with Gasteiger partial charge in [0.15, 0.2) is 0 Å². The Morgan fingerprint density at radius 3 is 2.74 bits per heavy atom. The van der Waals surface area contributed by atoms with Crippen LogP contribution in [0.4, 0.5) is 5.69 Å². The Morgan fingerprint density at radius 1 is 1.37 bits per heavy atom. The summed E-state index contributed by atoms with van der Waals surface area (Å²) >= 11 is 1.56. The van der Waals surface area contributed by atoms with E-state index in [4.69, 9.17) is 0 Å². The van der Waals surface area contributed by atoms with Crippen molar-refractivity contribution in [3.63, 3.8) is 0 Å². The first-order chi connectivity index (χ1) is 9.03. The van der Waals surface area contributed by atoms with E-state index in [1.54, 1.807) is 23.2 Å². The molecule has 1 amide bonds. The number of carbonyl (C=O) groups is 1. The van der Waals surface area contributed by atoms with Crippen LogP contribution in [0.5, 0.6) is 0 Å². The van der Waals surface area contributed by atoms with Crippen LogP contribution in [0.3, 0.4) is 0 Å². The van der Waals surface area contributed by atoms with Crippen molar-refractivity contribution >= 4 is 33.0 Å². The molecule has 0 unspecified atom stereocenters. The molecule has 0 aromatic carbocycles. The molecule has 0 saturated carbocycles. The number of anilines is 1. The Hall–Kier alpha value is -0.920. The number of amides is 1. The first-order valence-corrected chi connectivity index (χ1v) is 8.89. The Kier molecular flexibility index (Phi) is 3.15. The molecule has 0 bridgehead atoms. The zero-order valence-electron chi connectivity index (χ0n) is 10.7. The summed E-state index contributed by atoms with van der Waals surface area (Å²) in [5.74, 6) is 0.140. The third-order valence-corrected chi connectivity index (χ3v) is 6.47. The molecule has 0 N–H and O–H groups in total. The van der Waals surface area contributed by atoms with Crippen LogP contribution >= 0.6 is 11.3 Å². The Balaban J connectivity index is 1.77. The van der Waals surface area contributed by atoms with Gasteiger partial charge in [-0.1, -0.05) is 0 Å². The second-order valence-electron chi connectivity index (χ2n) is 5.01. The highest BCUT2D eigenvalue weighted by Gasteiger charge is 2.49. The van der Waals surface area contributed by atoms with Crippen molar-refractivity contribution in [1.82, 2.24) is 4.31 Å². The molecule has 0 aliphatic carbocycles. The zero-order valence-corrected chi connectivity index (χ0v) is 12.3. The summed E-state index contributed by atoms with van der Waals surface area (Å²) in [7, 11) is -3.17. The highest BCUT2D eigenvalue weighted by Crippen LogP contribution is 2.36. The maximum atomic E-state index is 12.4. The van der Waals surface area contributed by atoms with Crippen LogP contribution in [0.25, 0.3) is 0 Å². The lowest BCUT2D eigenvalue weighted by Crippen LogP contribution is -2.36. The van der Waals surface area contributed by atoms with Gasteiger partial charge in [0.25, 0.3) is 0 Å². The SMILES string of the molecule is CCS(=O)(=O)N1C[C@H]2CN(c3ccsc3)C(=O)[C@H]2C1. The normalized spacial score (nSPS) is 28.1. The first-order valence-electron chi connectivity index (χ1n) is 6.34. The lowest BCUT2D eigenvalue weighted by atomic mass is 10.0. The molecule has 7 heteroatoms. The van der Waals surface area contributed by atoms with E-state index in [0.29, 0.717) is 19.6 Å². The van der Waals surface area contributed by atoms with E-state index in [1.807, 2.05) is 16.8 Å². The molecule has 5 nitrogen and oxygen atoms in total. The quantitative estimate of drug-likeness (QED) is 0.836. The highest BCUT2D eigenvalue weighted by atomic mass is 32.2. The van der Waals surface area contributed by atoms with E-state index in [-0.39, 0.29) is 23.5 Å². The largest absolute Gasteiger partial charge is 0.311 e. The summed E-state index contributed by atoms with van der Waals surface area (Å²) in [6.07, 6.45) is 0. The maximum Gasteiger partial charge on any atom is 0.231 e. The minimum absolute atomic E-state index is 0.0669. The van der Waals surface area contributed by atoms with Crippen molar-refractivity contribution in [2.24, 2.45) is 11.8 Å². The number of carbonyl (C=O) groups excluding carboxylic acids is 1. The molecule has 3 rings (SSSR count). The average molecular weight is 300 g/mol. The monoisotopic (exact) mass is 300 g/mol. The predicted octanol–water partition coefficient (Wildman–Crippen LogP) is 0.992. The average Bonchev–Trinajstić information content (AvgIpc) is 3.07. The number of thiophene rings is 1. The van der Waals surface area contributed by atoms with Crippen LogP contribution < -0.4 is 4.90 Å². The summed E-state index contributed by atoms with van der Waals surface area (Å²) in [6, 6.07) is 1.93. The number of hydrogen-bond acceptors (Lipinski definition) is 4. The molecule has 2 aliphatic heterocycles. The Labute approximate surface area is 116 Å². The fraction of sp³-hybridized carbons (Fsp3) is 0.583. The maximum absolute atomic E-state index is 12.4. The van der Waals surface area contributed by atoms with Crippen LogP contribution in [-0.2, 0) is 14.8 Å². The first kappa shape index (κ1) is 13.1. The lowest BCUT2D eigenvalue weighted by molar-refractivity contribution is -0.120. The minimum Gasteiger partial charge on any atom is -0.311 e. The van der Waals surface area contributed by atoms with Gasteiger partial charge < -0.3 is 4.90 Å². The van der Waals surface area contributed by atoms with Gasteiger partial charge in [0.2, 0.25) is 15.9 Å². The van der Waals surface area contributed by atoms with Crippen molar-refractivity contribution in [3.05, 3.63) is 16.8 Å². The van der Waals surface area contributed by atoms with Crippen LogP contribution in [0.2, 0.25) is 0 Å². The molecule has 2 atom stereocenters. The van der Waals surface area contributed by atoms with Gasteiger partial charge in [-0.15, -0.1) is 0 Å². The molecule has 19 heavy (non-hydrogen) atoms. The predicted molar refractivity (Wildman–Crippen MR) is 74.7 cm³/mol. The molecule has 0 radical (unpaired) electrons. The van der Waals surface area contributed by atoms with Crippen LogP contribution in [0, 0.1) is 11.8 Å². The molecule has 2 aliphatic rings.